The summed E-state index contributed by atoms with van der Waals surface area (Å²) in [5.74, 6) is -0.930. The van der Waals surface area contributed by atoms with Crippen molar-refractivity contribution in [3.63, 3.8) is 0 Å². The fourth-order valence-corrected chi connectivity index (χ4v) is 0.944. The summed E-state index contributed by atoms with van der Waals surface area (Å²) in [6.07, 6.45) is 1.17. The Morgan fingerprint density at radius 2 is 2.40 bits per heavy atom. The summed E-state index contributed by atoms with van der Waals surface area (Å²) in [5.41, 5.74) is 0.307. The minimum absolute atomic E-state index is 0.00218. The summed E-state index contributed by atoms with van der Waals surface area (Å²) in [6, 6.07) is 2.49. The Balaban J connectivity index is 2.50. The van der Waals surface area contributed by atoms with Crippen LogP contribution >= 0.6 is 0 Å². The van der Waals surface area contributed by atoms with E-state index in [2.05, 4.69) is 10.3 Å². The molecule has 5 heteroatoms. The standard InChI is InChI=1S/C10H13FN2O2/c1-7(6-14)4-13-10(15)8-2-3-9(11)12-5-8/h2-3,5,7,14H,4,6H2,1H3,(H,13,15). The first kappa shape index (κ1) is 11.6. The van der Waals surface area contributed by atoms with Gasteiger partial charge in [-0.05, 0) is 18.1 Å². The van der Waals surface area contributed by atoms with Crippen LogP contribution in [0.5, 0.6) is 0 Å². The van der Waals surface area contributed by atoms with Crippen molar-refractivity contribution in [3.8, 4) is 0 Å². The number of aliphatic hydroxyl groups is 1. The summed E-state index contributed by atoms with van der Waals surface area (Å²) >= 11 is 0. The quantitative estimate of drug-likeness (QED) is 0.717. The molecule has 0 saturated heterocycles. The number of nitrogens with one attached hydrogen (secondary N) is 1. The lowest BCUT2D eigenvalue weighted by molar-refractivity contribution is 0.0942. The molecule has 82 valence electrons. The van der Waals surface area contributed by atoms with E-state index >= 15 is 0 Å². The van der Waals surface area contributed by atoms with Crippen molar-refractivity contribution < 1.29 is 14.3 Å². The van der Waals surface area contributed by atoms with Gasteiger partial charge in [0.1, 0.15) is 0 Å². The van der Waals surface area contributed by atoms with Crippen LogP contribution in [-0.4, -0.2) is 29.1 Å². The zero-order valence-corrected chi connectivity index (χ0v) is 8.40. The zero-order chi connectivity index (χ0) is 11.3. The second kappa shape index (κ2) is 5.41. The maximum absolute atomic E-state index is 12.4. The van der Waals surface area contributed by atoms with Crippen molar-refractivity contribution in [1.82, 2.24) is 10.3 Å². The maximum atomic E-state index is 12.4. The molecule has 1 aromatic heterocycles. The van der Waals surface area contributed by atoms with E-state index in [4.69, 9.17) is 5.11 Å². The molecular weight excluding hydrogens is 199 g/mol. The molecule has 1 amide bonds. The van der Waals surface area contributed by atoms with Crippen molar-refractivity contribution >= 4 is 5.91 Å². The molecular formula is C10H13FN2O2. The van der Waals surface area contributed by atoms with Gasteiger partial charge in [0.25, 0.3) is 5.91 Å². The van der Waals surface area contributed by atoms with E-state index in [0.29, 0.717) is 12.1 Å². The summed E-state index contributed by atoms with van der Waals surface area (Å²) < 4.78 is 12.4. The molecule has 0 fully saturated rings. The van der Waals surface area contributed by atoms with E-state index in [1.807, 2.05) is 6.92 Å². The first-order valence-corrected chi connectivity index (χ1v) is 4.64. The van der Waals surface area contributed by atoms with Gasteiger partial charge in [-0.2, -0.15) is 4.39 Å². The molecule has 0 aliphatic heterocycles. The van der Waals surface area contributed by atoms with Crippen molar-refractivity contribution in [2.45, 2.75) is 6.92 Å². The van der Waals surface area contributed by atoms with Crippen LogP contribution in [0, 0.1) is 11.9 Å². The van der Waals surface area contributed by atoms with Crippen LogP contribution in [0.4, 0.5) is 4.39 Å². The fraction of sp³-hybridized carbons (Fsp3) is 0.400. The number of rotatable bonds is 4. The third kappa shape index (κ3) is 3.63. The largest absolute Gasteiger partial charge is 0.396 e. The first-order valence-electron chi connectivity index (χ1n) is 4.64. The third-order valence-electron chi connectivity index (χ3n) is 1.91. The van der Waals surface area contributed by atoms with Gasteiger partial charge in [-0.1, -0.05) is 6.92 Å². The number of halogens is 1. The van der Waals surface area contributed by atoms with E-state index in [0.717, 1.165) is 6.07 Å². The summed E-state index contributed by atoms with van der Waals surface area (Å²) in [5, 5.41) is 11.3. The molecule has 0 spiro atoms. The Labute approximate surface area is 87.1 Å². The fourth-order valence-electron chi connectivity index (χ4n) is 0.944. The van der Waals surface area contributed by atoms with Crippen LogP contribution < -0.4 is 5.32 Å². The molecule has 1 aromatic rings. The highest BCUT2D eigenvalue weighted by molar-refractivity contribution is 5.93. The van der Waals surface area contributed by atoms with Gasteiger partial charge in [0.2, 0.25) is 5.95 Å². The van der Waals surface area contributed by atoms with Crippen LogP contribution in [-0.2, 0) is 0 Å². The summed E-state index contributed by atoms with van der Waals surface area (Å²) in [4.78, 5) is 14.8. The van der Waals surface area contributed by atoms with E-state index in [1.165, 1.54) is 12.3 Å². The van der Waals surface area contributed by atoms with Gasteiger partial charge in [-0.25, -0.2) is 4.98 Å². The lowest BCUT2D eigenvalue weighted by Gasteiger charge is -2.09. The lowest BCUT2D eigenvalue weighted by atomic mass is 10.2. The molecule has 2 N–H and O–H groups in total. The molecule has 1 unspecified atom stereocenters. The van der Waals surface area contributed by atoms with Gasteiger partial charge in [-0.3, -0.25) is 4.79 Å². The Morgan fingerprint density at radius 3 is 2.93 bits per heavy atom. The van der Waals surface area contributed by atoms with Crippen LogP contribution in [0.15, 0.2) is 18.3 Å². The van der Waals surface area contributed by atoms with Gasteiger partial charge in [-0.15, -0.1) is 0 Å². The summed E-state index contributed by atoms with van der Waals surface area (Å²) in [6.45, 7) is 2.21. The van der Waals surface area contributed by atoms with Gasteiger partial charge in [0, 0.05) is 19.3 Å². The SMILES string of the molecule is CC(CO)CNC(=O)c1ccc(F)nc1. The smallest absolute Gasteiger partial charge is 0.252 e. The Morgan fingerprint density at radius 1 is 1.67 bits per heavy atom. The number of aliphatic hydroxyl groups excluding tert-OH is 1. The molecule has 4 nitrogen and oxygen atoms in total. The second-order valence-electron chi connectivity index (χ2n) is 3.37. The third-order valence-corrected chi connectivity index (χ3v) is 1.91. The predicted octanol–water partition coefficient (Wildman–Crippen LogP) is 0.579. The van der Waals surface area contributed by atoms with Crippen molar-refractivity contribution in [2.24, 2.45) is 5.92 Å². The number of nitrogens with zero attached hydrogens (tertiary/aromatic N) is 1. The second-order valence-corrected chi connectivity index (χ2v) is 3.37. The highest BCUT2D eigenvalue weighted by atomic mass is 19.1. The number of carbonyl (C=O) groups is 1. The average molecular weight is 212 g/mol. The van der Waals surface area contributed by atoms with Gasteiger partial charge in [0.15, 0.2) is 0 Å². The van der Waals surface area contributed by atoms with E-state index < -0.39 is 5.95 Å². The average Bonchev–Trinajstić information content (AvgIpc) is 2.26. The molecule has 15 heavy (non-hydrogen) atoms. The van der Waals surface area contributed by atoms with E-state index in [1.54, 1.807) is 0 Å². The molecule has 0 radical (unpaired) electrons. The molecule has 0 bridgehead atoms. The minimum atomic E-state index is -0.615. The number of amides is 1. The van der Waals surface area contributed by atoms with Crippen molar-refractivity contribution in [3.05, 3.63) is 29.8 Å². The molecule has 0 saturated carbocycles. The first-order chi connectivity index (χ1) is 7.13. The topological polar surface area (TPSA) is 62.2 Å². The normalized spacial score (nSPS) is 12.2. The van der Waals surface area contributed by atoms with Crippen LogP contribution in [0.3, 0.4) is 0 Å². The monoisotopic (exact) mass is 212 g/mol. The van der Waals surface area contributed by atoms with Crippen molar-refractivity contribution in [2.75, 3.05) is 13.2 Å². The van der Waals surface area contributed by atoms with Crippen LogP contribution in [0.1, 0.15) is 17.3 Å². The number of pyridine rings is 1. The summed E-state index contributed by atoms with van der Waals surface area (Å²) in [7, 11) is 0. The number of hydrogen-bond acceptors (Lipinski definition) is 3. The molecule has 1 rings (SSSR count). The molecule has 0 aliphatic carbocycles. The highest BCUT2D eigenvalue weighted by Crippen LogP contribution is 1.99. The molecule has 0 aromatic carbocycles. The van der Waals surface area contributed by atoms with Crippen LogP contribution in [0.25, 0.3) is 0 Å². The lowest BCUT2D eigenvalue weighted by Crippen LogP contribution is -2.29. The maximum Gasteiger partial charge on any atom is 0.252 e. The zero-order valence-electron chi connectivity index (χ0n) is 8.40. The number of hydrogen-bond donors (Lipinski definition) is 2. The van der Waals surface area contributed by atoms with Crippen LogP contribution in [0.2, 0.25) is 0 Å². The number of aromatic nitrogens is 1. The Bertz CT molecular complexity index is 327. The molecule has 1 heterocycles. The Hall–Kier alpha value is -1.49. The molecule has 1 atom stereocenters. The van der Waals surface area contributed by atoms with Gasteiger partial charge < -0.3 is 10.4 Å². The van der Waals surface area contributed by atoms with Gasteiger partial charge in [0.05, 0.1) is 5.56 Å². The van der Waals surface area contributed by atoms with E-state index in [9.17, 15) is 9.18 Å². The highest BCUT2D eigenvalue weighted by Gasteiger charge is 2.07. The van der Waals surface area contributed by atoms with E-state index in [-0.39, 0.29) is 18.4 Å². The minimum Gasteiger partial charge on any atom is -0.396 e. The molecule has 0 aliphatic rings. The predicted molar refractivity (Wildman–Crippen MR) is 52.8 cm³/mol. The number of carbonyl (C=O) groups excluding carboxylic acids is 1. The Kier molecular flexibility index (Phi) is 4.17. The van der Waals surface area contributed by atoms with Gasteiger partial charge >= 0.3 is 0 Å². The van der Waals surface area contributed by atoms with Crippen molar-refractivity contribution in [1.29, 1.82) is 0 Å².